The van der Waals surface area contributed by atoms with E-state index in [0.717, 1.165) is 11.3 Å². The Balaban J connectivity index is 2.07. The molecular formula is C15H18FNO2. The van der Waals surface area contributed by atoms with Crippen molar-refractivity contribution in [3.05, 3.63) is 41.7 Å². The van der Waals surface area contributed by atoms with Crippen molar-refractivity contribution < 1.29 is 13.9 Å². The van der Waals surface area contributed by atoms with Crippen LogP contribution in [0, 0.1) is 0 Å². The molecule has 1 heterocycles. The molecule has 2 rings (SSSR count). The second-order valence-corrected chi connectivity index (χ2v) is 4.64. The highest BCUT2D eigenvalue weighted by atomic mass is 19.1. The van der Waals surface area contributed by atoms with E-state index in [1.165, 1.54) is 0 Å². The normalized spacial score (nSPS) is 19.4. The molecule has 0 saturated heterocycles. The Morgan fingerprint density at radius 2 is 2.05 bits per heavy atom. The lowest BCUT2D eigenvalue weighted by Crippen LogP contribution is -2.32. The van der Waals surface area contributed by atoms with Gasteiger partial charge < -0.3 is 9.64 Å². The number of methoxy groups -OCH3 is 1. The van der Waals surface area contributed by atoms with E-state index in [9.17, 15) is 9.18 Å². The number of hydrogen-bond donors (Lipinski definition) is 0. The molecule has 0 atom stereocenters. The minimum atomic E-state index is -0.221. The number of halogens is 1. The lowest BCUT2D eigenvalue weighted by molar-refractivity contribution is -0.131. The predicted molar refractivity (Wildman–Crippen MR) is 71.5 cm³/mol. The van der Waals surface area contributed by atoms with Crippen molar-refractivity contribution in [3.8, 4) is 5.75 Å². The van der Waals surface area contributed by atoms with E-state index in [2.05, 4.69) is 0 Å². The summed E-state index contributed by atoms with van der Waals surface area (Å²) in [5.41, 5.74) is 0.975. The van der Waals surface area contributed by atoms with Crippen LogP contribution in [0.15, 0.2) is 36.2 Å². The van der Waals surface area contributed by atoms with Crippen LogP contribution < -0.4 is 4.74 Å². The Morgan fingerprint density at radius 3 is 2.74 bits per heavy atom. The Kier molecular flexibility index (Phi) is 4.55. The van der Waals surface area contributed by atoms with Gasteiger partial charge in [-0.2, -0.15) is 0 Å². The molecule has 102 valence electrons. The van der Waals surface area contributed by atoms with Crippen molar-refractivity contribution in [2.75, 3.05) is 13.7 Å². The minimum absolute atomic E-state index is 0.0130. The van der Waals surface area contributed by atoms with Crippen LogP contribution in [0.3, 0.4) is 0 Å². The summed E-state index contributed by atoms with van der Waals surface area (Å²) in [5.74, 6) is 0.564. The zero-order valence-electron chi connectivity index (χ0n) is 11.1. The molecule has 1 aromatic carbocycles. The maximum Gasteiger partial charge on any atom is 0.223 e. The number of nitrogens with zero attached hydrogens (tertiary/aromatic N) is 1. The van der Waals surface area contributed by atoms with Crippen LogP contribution >= 0.6 is 0 Å². The monoisotopic (exact) mass is 263 g/mol. The minimum Gasteiger partial charge on any atom is -0.497 e. The summed E-state index contributed by atoms with van der Waals surface area (Å²) in [6.07, 6.45) is 3.42. The molecule has 3 nitrogen and oxygen atoms in total. The first kappa shape index (κ1) is 13.6. The molecule has 1 aliphatic heterocycles. The highest BCUT2D eigenvalue weighted by Gasteiger charge is 2.17. The van der Waals surface area contributed by atoms with Gasteiger partial charge in [-0.15, -0.1) is 0 Å². The average molecular weight is 263 g/mol. The van der Waals surface area contributed by atoms with Crippen molar-refractivity contribution in [1.82, 2.24) is 4.90 Å². The van der Waals surface area contributed by atoms with Gasteiger partial charge in [-0.1, -0.05) is 18.2 Å². The quantitative estimate of drug-likeness (QED) is 0.838. The van der Waals surface area contributed by atoms with Crippen LogP contribution in [0.25, 0.3) is 0 Å². The van der Waals surface area contributed by atoms with Gasteiger partial charge in [0.1, 0.15) is 11.6 Å². The van der Waals surface area contributed by atoms with Crippen LogP contribution in [-0.4, -0.2) is 24.5 Å². The van der Waals surface area contributed by atoms with Crippen LogP contribution in [0.5, 0.6) is 5.75 Å². The number of hydrogen-bond acceptors (Lipinski definition) is 2. The fraction of sp³-hybridized carbons (Fsp3) is 0.400. The van der Waals surface area contributed by atoms with E-state index in [1.54, 1.807) is 18.1 Å². The second kappa shape index (κ2) is 6.36. The average Bonchev–Trinajstić information content (AvgIpc) is 2.42. The summed E-state index contributed by atoms with van der Waals surface area (Å²) in [6.45, 7) is 0.509. The first-order valence-electron chi connectivity index (χ1n) is 6.44. The number of carbonyl (C=O) groups excluding carboxylic acids is 1. The zero-order valence-corrected chi connectivity index (χ0v) is 11.1. The van der Waals surface area contributed by atoms with Gasteiger partial charge in [0.15, 0.2) is 0 Å². The molecule has 19 heavy (non-hydrogen) atoms. The zero-order chi connectivity index (χ0) is 13.7. The summed E-state index contributed by atoms with van der Waals surface area (Å²) < 4.78 is 18.6. The molecule has 0 unspecified atom stereocenters. The van der Waals surface area contributed by atoms with Gasteiger partial charge >= 0.3 is 0 Å². The van der Waals surface area contributed by atoms with E-state index >= 15 is 0 Å². The van der Waals surface area contributed by atoms with Crippen LogP contribution in [-0.2, 0) is 11.3 Å². The molecule has 0 N–H and O–H groups in total. The fourth-order valence-corrected chi connectivity index (χ4v) is 2.10. The van der Waals surface area contributed by atoms with Crippen molar-refractivity contribution in [2.45, 2.75) is 25.8 Å². The highest BCUT2D eigenvalue weighted by molar-refractivity contribution is 5.76. The first-order chi connectivity index (χ1) is 9.19. The Labute approximate surface area is 112 Å². The maximum atomic E-state index is 13.5. The number of rotatable bonds is 3. The molecule has 1 aromatic rings. The van der Waals surface area contributed by atoms with Gasteiger partial charge in [0.25, 0.3) is 0 Å². The summed E-state index contributed by atoms with van der Waals surface area (Å²) in [5, 5.41) is 0. The van der Waals surface area contributed by atoms with E-state index in [0.29, 0.717) is 25.8 Å². The van der Waals surface area contributed by atoms with E-state index in [-0.39, 0.29) is 18.3 Å². The van der Waals surface area contributed by atoms with Crippen molar-refractivity contribution in [1.29, 1.82) is 0 Å². The molecular weight excluding hydrogens is 245 g/mol. The standard InChI is InChI=1S/C15H18FNO2/c1-19-14-8-6-12(7-9-14)10-17-11-13(16)4-2-3-5-15(17)18/h4,6-9H,2-3,5,10-11H2,1H3/b13-4+. The summed E-state index contributed by atoms with van der Waals surface area (Å²) in [4.78, 5) is 13.5. The molecule has 0 aliphatic carbocycles. The third kappa shape index (κ3) is 3.81. The number of ether oxygens (including phenoxy) is 1. The van der Waals surface area contributed by atoms with Gasteiger partial charge in [0.05, 0.1) is 13.7 Å². The molecule has 0 saturated carbocycles. The number of benzene rings is 1. The molecule has 0 spiro atoms. The molecule has 0 radical (unpaired) electrons. The smallest absolute Gasteiger partial charge is 0.223 e. The highest BCUT2D eigenvalue weighted by Crippen LogP contribution is 2.17. The van der Waals surface area contributed by atoms with E-state index < -0.39 is 0 Å². The van der Waals surface area contributed by atoms with E-state index in [4.69, 9.17) is 4.74 Å². The maximum absolute atomic E-state index is 13.5. The summed E-state index contributed by atoms with van der Waals surface area (Å²) >= 11 is 0. The van der Waals surface area contributed by atoms with Crippen LogP contribution in [0.4, 0.5) is 4.39 Å². The number of amides is 1. The van der Waals surface area contributed by atoms with Gasteiger partial charge in [-0.25, -0.2) is 4.39 Å². The topological polar surface area (TPSA) is 29.5 Å². The van der Waals surface area contributed by atoms with Gasteiger partial charge in [-0.3, -0.25) is 4.79 Å². The molecule has 0 fully saturated rings. The fourth-order valence-electron chi connectivity index (χ4n) is 2.10. The molecule has 1 aliphatic rings. The molecule has 1 amide bonds. The Bertz CT molecular complexity index is 468. The first-order valence-corrected chi connectivity index (χ1v) is 6.44. The second-order valence-electron chi connectivity index (χ2n) is 4.64. The van der Waals surface area contributed by atoms with Crippen molar-refractivity contribution >= 4 is 5.91 Å². The summed E-state index contributed by atoms with van der Waals surface area (Å²) in [7, 11) is 1.61. The van der Waals surface area contributed by atoms with Gasteiger partial charge in [-0.05, 0) is 30.5 Å². The van der Waals surface area contributed by atoms with Crippen LogP contribution in [0.1, 0.15) is 24.8 Å². The lowest BCUT2D eigenvalue weighted by Gasteiger charge is -2.23. The third-order valence-electron chi connectivity index (χ3n) is 3.19. The van der Waals surface area contributed by atoms with Crippen LogP contribution in [0.2, 0.25) is 0 Å². The predicted octanol–water partition coefficient (Wildman–Crippen LogP) is 3.06. The van der Waals surface area contributed by atoms with Crippen molar-refractivity contribution in [2.24, 2.45) is 0 Å². The largest absolute Gasteiger partial charge is 0.497 e. The molecule has 0 bridgehead atoms. The molecule has 0 aromatic heterocycles. The lowest BCUT2D eigenvalue weighted by atomic mass is 10.1. The summed E-state index contributed by atoms with van der Waals surface area (Å²) in [6, 6.07) is 7.48. The van der Waals surface area contributed by atoms with Crippen molar-refractivity contribution in [3.63, 3.8) is 0 Å². The SMILES string of the molecule is COc1ccc(CN2C/C(F)=C\CCCC2=O)cc1. The number of carbonyl (C=O) groups is 1. The Hall–Kier alpha value is -1.84. The van der Waals surface area contributed by atoms with E-state index in [1.807, 2.05) is 24.3 Å². The number of allylic oxidation sites excluding steroid dienone is 1. The van der Waals surface area contributed by atoms with Gasteiger partial charge in [0, 0.05) is 13.0 Å². The molecule has 4 heteroatoms. The third-order valence-corrected chi connectivity index (χ3v) is 3.19. The van der Waals surface area contributed by atoms with Gasteiger partial charge in [0.2, 0.25) is 5.91 Å². The Morgan fingerprint density at radius 1 is 1.32 bits per heavy atom.